The number of hydrogen-bond acceptors (Lipinski definition) is 2. The normalized spacial score (nSPS) is 10.1. The van der Waals surface area contributed by atoms with Gasteiger partial charge in [-0.2, -0.15) is 4.73 Å². The second-order valence-electron chi connectivity index (χ2n) is 3.30. The van der Waals surface area contributed by atoms with E-state index in [1.807, 2.05) is 0 Å². The number of hydrogen-bond donors (Lipinski definition) is 0. The summed E-state index contributed by atoms with van der Waals surface area (Å²) in [5.74, 6) is 0.772. The predicted molar refractivity (Wildman–Crippen MR) is 55.0 cm³/mol. The van der Waals surface area contributed by atoms with E-state index in [-0.39, 0.29) is 0 Å². The lowest BCUT2D eigenvalue weighted by Gasteiger charge is -2.04. The fourth-order valence-corrected chi connectivity index (χ4v) is 1.21. The van der Waals surface area contributed by atoms with Gasteiger partial charge < -0.3 is 9.94 Å². The van der Waals surface area contributed by atoms with Crippen LogP contribution in [-0.4, -0.2) is 6.61 Å². The van der Waals surface area contributed by atoms with Gasteiger partial charge in [0.2, 0.25) is 0 Å². The zero-order valence-electron chi connectivity index (χ0n) is 8.61. The summed E-state index contributed by atoms with van der Waals surface area (Å²) in [6, 6.07) is 3.37. The highest BCUT2D eigenvalue weighted by atomic mass is 16.5. The van der Waals surface area contributed by atoms with E-state index in [0.29, 0.717) is 0 Å². The topological polar surface area (TPSA) is 36.2 Å². The minimum atomic E-state index is 0.739. The molecule has 3 heteroatoms. The molecule has 0 radical (unpaired) electrons. The molecule has 0 aliphatic carbocycles. The average Bonchev–Trinajstić information content (AvgIpc) is 2.21. The van der Waals surface area contributed by atoms with Crippen molar-refractivity contribution in [1.29, 1.82) is 0 Å². The third-order valence-electron chi connectivity index (χ3n) is 2.04. The van der Waals surface area contributed by atoms with E-state index >= 15 is 0 Å². The molecule has 0 aliphatic rings. The molecule has 0 aromatic carbocycles. The van der Waals surface area contributed by atoms with Crippen molar-refractivity contribution in [3.63, 3.8) is 0 Å². The molecule has 0 N–H and O–H groups in total. The Labute approximate surface area is 84.9 Å². The summed E-state index contributed by atoms with van der Waals surface area (Å²) in [7, 11) is 0. The van der Waals surface area contributed by atoms with Gasteiger partial charge in [0.25, 0.3) is 0 Å². The first-order valence-corrected chi connectivity index (χ1v) is 5.14. The number of unbranched alkanes of at least 4 members (excludes halogenated alkanes) is 3. The predicted octanol–water partition coefficient (Wildman–Crippen LogP) is 2.28. The molecule has 78 valence electrons. The second kappa shape index (κ2) is 6.24. The van der Waals surface area contributed by atoms with Crippen LogP contribution in [0.4, 0.5) is 0 Å². The van der Waals surface area contributed by atoms with Crippen LogP contribution in [0.5, 0.6) is 5.75 Å². The third-order valence-corrected chi connectivity index (χ3v) is 2.04. The first-order valence-electron chi connectivity index (χ1n) is 5.14. The van der Waals surface area contributed by atoms with E-state index in [1.165, 1.54) is 31.7 Å². The summed E-state index contributed by atoms with van der Waals surface area (Å²) >= 11 is 0. The monoisotopic (exact) mass is 195 g/mol. The Bertz CT molecular complexity index is 246. The van der Waals surface area contributed by atoms with Gasteiger partial charge in [0.15, 0.2) is 12.4 Å². The molecule has 3 nitrogen and oxygen atoms in total. The van der Waals surface area contributed by atoms with Crippen molar-refractivity contribution in [2.24, 2.45) is 0 Å². The maximum Gasteiger partial charge on any atom is 0.184 e. The standard InChI is InChI=1S/C11H17NO2/c1-2-3-4-5-10-14-11-6-8-12(13)9-7-11/h6-9H,2-5,10H2,1H3. The molecule has 1 aromatic heterocycles. The van der Waals surface area contributed by atoms with Gasteiger partial charge >= 0.3 is 0 Å². The molecule has 1 rings (SSSR count). The van der Waals surface area contributed by atoms with Crippen LogP contribution in [0.25, 0.3) is 0 Å². The van der Waals surface area contributed by atoms with Gasteiger partial charge in [-0.1, -0.05) is 26.2 Å². The van der Waals surface area contributed by atoms with Crippen LogP contribution < -0.4 is 9.47 Å². The van der Waals surface area contributed by atoms with Crippen LogP contribution in [0.15, 0.2) is 24.5 Å². The summed E-state index contributed by atoms with van der Waals surface area (Å²) in [6.45, 7) is 2.92. The third kappa shape index (κ3) is 4.12. The molecule has 0 saturated heterocycles. The molecule has 14 heavy (non-hydrogen) atoms. The molecule has 0 unspecified atom stereocenters. The summed E-state index contributed by atoms with van der Waals surface area (Å²) in [5.41, 5.74) is 0. The van der Waals surface area contributed by atoms with Crippen molar-refractivity contribution in [3.8, 4) is 5.75 Å². The van der Waals surface area contributed by atoms with Crippen molar-refractivity contribution >= 4 is 0 Å². The molecule has 0 bridgehead atoms. The van der Waals surface area contributed by atoms with Crippen molar-refractivity contribution in [2.45, 2.75) is 32.6 Å². The molecular formula is C11H17NO2. The molecule has 0 spiro atoms. The largest absolute Gasteiger partial charge is 0.619 e. The first-order chi connectivity index (χ1) is 6.83. The van der Waals surface area contributed by atoms with Gasteiger partial charge in [0.1, 0.15) is 5.75 Å². The van der Waals surface area contributed by atoms with Crippen LogP contribution in [-0.2, 0) is 0 Å². The molecule has 0 fully saturated rings. The summed E-state index contributed by atoms with van der Waals surface area (Å²) < 4.78 is 6.21. The highest BCUT2D eigenvalue weighted by Crippen LogP contribution is 2.07. The van der Waals surface area contributed by atoms with Crippen molar-refractivity contribution in [3.05, 3.63) is 29.7 Å². The van der Waals surface area contributed by atoms with E-state index in [0.717, 1.165) is 23.5 Å². The highest BCUT2D eigenvalue weighted by molar-refractivity contribution is 5.14. The SMILES string of the molecule is CCCCCCOc1cc[n+]([O-])cc1. The number of pyridine rings is 1. The quantitative estimate of drug-likeness (QED) is 0.396. The summed E-state index contributed by atoms with van der Waals surface area (Å²) in [6.07, 6.45) is 7.69. The fraction of sp³-hybridized carbons (Fsp3) is 0.545. The zero-order valence-corrected chi connectivity index (χ0v) is 8.61. The van der Waals surface area contributed by atoms with E-state index < -0.39 is 0 Å². The Morgan fingerprint density at radius 3 is 2.57 bits per heavy atom. The van der Waals surface area contributed by atoms with E-state index in [4.69, 9.17) is 4.74 Å². The molecule has 0 saturated carbocycles. The van der Waals surface area contributed by atoms with E-state index in [2.05, 4.69) is 6.92 Å². The number of aromatic nitrogens is 1. The minimum absolute atomic E-state index is 0.739. The smallest absolute Gasteiger partial charge is 0.184 e. The Morgan fingerprint density at radius 2 is 1.93 bits per heavy atom. The molecule has 1 aromatic rings. The molecule has 1 heterocycles. The summed E-state index contributed by atoms with van der Waals surface area (Å²) in [4.78, 5) is 0. The summed E-state index contributed by atoms with van der Waals surface area (Å²) in [5, 5.41) is 10.7. The first kappa shape index (κ1) is 10.8. The number of ether oxygens (including phenoxy) is 1. The maximum atomic E-state index is 10.7. The van der Waals surface area contributed by atoms with E-state index in [9.17, 15) is 5.21 Å². The van der Waals surface area contributed by atoms with Gasteiger partial charge in [0, 0.05) is 12.1 Å². The number of rotatable bonds is 6. The van der Waals surface area contributed by atoms with Crippen LogP contribution >= 0.6 is 0 Å². The minimum Gasteiger partial charge on any atom is -0.619 e. The lowest BCUT2D eigenvalue weighted by Crippen LogP contribution is -2.23. The highest BCUT2D eigenvalue weighted by Gasteiger charge is 1.95. The lowest BCUT2D eigenvalue weighted by molar-refractivity contribution is -0.605. The van der Waals surface area contributed by atoms with Crippen LogP contribution in [0.2, 0.25) is 0 Å². The van der Waals surface area contributed by atoms with Gasteiger partial charge in [0.05, 0.1) is 6.61 Å². The van der Waals surface area contributed by atoms with Crippen molar-refractivity contribution < 1.29 is 9.47 Å². The molecule has 0 atom stereocenters. The van der Waals surface area contributed by atoms with Crippen LogP contribution in [0.1, 0.15) is 32.6 Å². The number of nitrogens with zero attached hydrogens (tertiary/aromatic N) is 1. The average molecular weight is 195 g/mol. The van der Waals surface area contributed by atoms with Gasteiger partial charge in [-0.05, 0) is 6.42 Å². The lowest BCUT2D eigenvalue weighted by atomic mass is 10.2. The maximum absolute atomic E-state index is 10.7. The second-order valence-corrected chi connectivity index (χ2v) is 3.30. The fourth-order valence-electron chi connectivity index (χ4n) is 1.21. The van der Waals surface area contributed by atoms with Crippen LogP contribution in [0, 0.1) is 5.21 Å². The Kier molecular flexibility index (Phi) is 4.83. The van der Waals surface area contributed by atoms with Gasteiger partial charge in [-0.15, -0.1) is 0 Å². The Balaban J connectivity index is 2.15. The van der Waals surface area contributed by atoms with Gasteiger partial charge in [-0.25, -0.2) is 0 Å². The Morgan fingerprint density at radius 1 is 1.21 bits per heavy atom. The van der Waals surface area contributed by atoms with Gasteiger partial charge in [-0.3, -0.25) is 0 Å². The molecule has 0 amide bonds. The van der Waals surface area contributed by atoms with Crippen molar-refractivity contribution in [2.75, 3.05) is 6.61 Å². The molecular weight excluding hydrogens is 178 g/mol. The van der Waals surface area contributed by atoms with Crippen molar-refractivity contribution in [1.82, 2.24) is 0 Å². The van der Waals surface area contributed by atoms with E-state index in [1.54, 1.807) is 12.1 Å². The molecule has 0 aliphatic heterocycles. The van der Waals surface area contributed by atoms with Crippen LogP contribution in [0.3, 0.4) is 0 Å². The zero-order chi connectivity index (χ0) is 10.2. The Hall–Kier alpha value is -1.25.